The van der Waals surface area contributed by atoms with Crippen LogP contribution in [0.2, 0.25) is 0 Å². The van der Waals surface area contributed by atoms with Crippen molar-refractivity contribution in [3.8, 4) is 0 Å². The van der Waals surface area contributed by atoms with E-state index in [1.165, 1.54) is 43.4 Å². The second-order valence-corrected chi connectivity index (χ2v) is 6.04. The van der Waals surface area contributed by atoms with Gasteiger partial charge in [0.2, 0.25) is 0 Å². The molecule has 0 atom stereocenters. The Morgan fingerprint density at radius 1 is 1.14 bits per heavy atom. The molecule has 126 valence electrons. The van der Waals surface area contributed by atoms with Crippen molar-refractivity contribution in [3.63, 3.8) is 0 Å². The second kappa shape index (κ2) is 11.2. The topological polar surface area (TPSA) is 54.1 Å². The Morgan fingerprint density at radius 3 is 2.45 bits per heavy atom. The highest BCUT2D eigenvalue weighted by Crippen LogP contribution is 2.09. The van der Waals surface area contributed by atoms with Gasteiger partial charge in [0.25, 0.3) is 0 Å². The molecule has 1 amide bonds. The number of carbonyl (C=O) groups is 1. The van der Waals surface area contributed by atoms with Gasteiger partial charge in [-0.15, -0.1) is 0 Å². The van der Waals surface area contributed by atoms with E-state index < -0.39 is 0 Å². The number of hydrogen-bond donors (Lipinski definition) is 2. The average Bonchev–Trinajstić information content (AvgIpc) is 2.80. The fraction of sp³-hybridized carbons (Fsp3) is 0.722. The third-order valence-corrected chi connectivity index (χ3v) is 3.90. The predicted molar refractivity (Wildman–Crippen MR) is 91.3 cm³/mol. The molecule has 1 aromatic heterocycles. The number of hydrogen-bond acceptors (Lipinski definition) is 2. The first kappa shape index (κ1) is 18.6. The third-order valence-electron chi connectivity index (χ3n) is 3.90. The Balaban J connectivity index is 1.96. The van der Waals surface area contributed by atoms with Crippen LogP contribution in [0.15, 0.2) is 6.07 Å². The van der Waals surface area contributed by atoms with Gasteiger partial charge >= 0.3 is 6.09 Å². The molecule has 0 unspecified atom stereocenters. The number of rotatable bonds is 11. The molecule has 4 heteroatoms. The molecule has 1 heterocycles. The summed E-state index contributed by atoms with van der Waals surface area (Å²) in [6.07, 6.45) is 9.15. The SMILES string of the molecule is CCCCCCCCCOC(=O)NCCc1cc(C)[nH]c1C. The van der Waals surface area contributed by atoms with E-state index in [0.29, 0.717) is 13.2 Å². The Labute approximate surface area is 135 Å². The normalized spacial score (nSPS) is 10.7. The minimum absolute atomic E-state index is 0.295. The van der Waals surface area contributed by atoms with E-state index in [4.69, 9.17) is 4.74 Å². The minimum atomic E-state index is -0.295. The number of carbonyl (C=O) groups excluding carboxylic acids is 1. The largest absolute Gasteiger partial charge is 0.450 e. The van der Waals surface area contributed by atoms with Crippen molar-refractivity contribution < 1.29 is 9.53 Å². The molecule has 0 fully saturated rings. The molecular weight excluding hydrogens is 276 g/mol. The van der Waals surface area contributed by atoms with E-state index in [-0.39, 0.29) is 6.09 Å². The third kappa shape index (κ3) is 8.11. The van der Waals surface area contributed by atoms with Crippen molar-refractivity contribution in [2.45, 2.75) is 72.1 Å². The predicted octanol–water partition coefficient (Wildman–Crippen LogP) is 4.65. The van der Waals surface area contributed by atoms with Crippen LogP contribution in [0.4, 0.5) is 4.79 Å². The summed E-state index contributed by atoms with van der Waals surface area (Å²) >= 11 is 0. The molecule has 4 nitrogen and oxygen atoms in total. The van der Waals surface area contributed by atoms with E-state index >= 15 is 0 Å². The van der Waals surface area contributed by atoms with Crippen LogP contribution >= 0.6 is 0 Å². The van der Waals surface area contributed by atoms with Crippen LogP contribution in [-0.2, 0) is 11.2 Å². The lowest BCUT2D eigenvalue weighted by Crippen LogP contribution is -2.26. The van der Waals surface area contributed by atoms with Crippen LogP contribution in [0.5, 0.6) is 0 Å². The van der Waals surface area contributed by atoms with Gasteiger partial charge < -0.3 is 15.0 Å². The first-order valence-electron chi connectivity index (χ1n) is 8.69. The van der Waals surface area contributed by atoms with Crippen LogP contribution in [0.3, 0.4) is 0 Å². The molecular formula is C18H32N2O2. The van der Waals surface area contributed by atoms with Gasteiger partial charge in [0.1, 0.15) is 0 Å². The van der Waals surface area contributed by atoms with Crippen LogP contribution in [0, 0.1) is 13.8 Å². The van der Waals surface area contributed by atoms with Crippen LogP contribution in [0.25, 0.3) is 0 Å². The number of amides is 1. The number of nitrogens with one attached hydrogen (secondary N) is 2. The van der Waals surface area contributed by atoms with Crippen molar-refractivity contribution >= 4 is 6.09 Å². The average molecular weight is 308 g/mol. The summed E-state index contributed by atoms with van der Waals surface area (Å²) in [6.45, 7) is 7.47. The highest BCUT2D eigenvalue weighted by molar-refractivity contribution is 5.67. The number of H-pyrrole nitrogens is 1. The van der Waals surface area contributed by atoms with Crippen molar-refractivity contribution in [1.82, 2.24) is 10.3 Å². The summed E-state index contributed by atoms with van der Waals surface area (Å²) in [5.41, 5.74) is 3.59. The quantitative estimate of drug-likeness (QED) is 0.585. The lowest BCUT2D eigenvalue weighted by molar-refractivity contribution is 0.144. The zero-order valence-electron chi connectivity index (χ0n) is 14.5. The maximum Gasteiger partial charge on any atom is 0.407 e. The number of aromatic nitrogens is 1. The number of aromatic amines is 1. The van der Waals surface area contributed by atoms with Crippen LogP contribution < -0.4 is 5.32 Å². The zero-order valence-corrected chi connectivity index (χ0v) is 14.5. The van der Waals surface area contributed by atoms with Gasteiger partial charge in [-0.25, -0.2) is 4.79 Å². The molecule has 0 spiro atoms. The van der Waals surface area contributed by atoms with Gasteiger partial charge in [0, 0.05) is 17.9 Å². The van der Waals surface area contributed by atoms with Crippen molar-refractivity contribution in [3.05, 3.63) is 23.0 Å². The zero-order chi connectivity index (χ0) is 16.2. The van der Waals surface area contributed by atoms with Gasteiger partial charge in [-0.2, -0.15) is 0 Å². The standard InChI is InChI=1S/C18H32N2O2/c1-4-5-6-7-8-9-10-13-22-18(21)19-12-11-17-14-15(2)20-16(17)3/h14,20H,4-13H2,1-3H3,(H,19,21). The molecule has 2 N–H and O–H groups in total. The van der Waals surface area contributed by atoms with E-state index in [2.05, 4.69) is 30.2 Å². The number of alkyl carbamates (subject to hydrolysis) is 1. The van der Waals surface area contributed by atoms with E-state index in [1.807, 2.05) is 6.92 Å². The number of ether oxygens (including phenoxy) is 1. The minimum Gasteiger partial charge on any atom is -0.450 e. The molecule has 0 aliphatic rings. The monoisotopic (exact) mass is 308 g/mol. The Hall–Kier alpha value is -1.45. The van der Waals surface area contributed by atoms with Crippen molar-refractivity contribution in [1.29, 1.82) is 0 Å². The highest BCUT2D eigenvalue weighted by atomic mass is 16.5. The summed E-state index contributed by atoms with van der Waals surface area (Å²) in [4.78, 5) is 14.8. The van der Waals surface area contributed by atoms with E-state index in [9.17, 15) is 4.79 Å². The molecule has 0 aliphatic heterocycles. The fourth-order valence-electron chi connectivity index (χ4n) is 2.62. The summed E-state index contributed by atoms with van der Waals surface area (Å²) in [7, 11) is 0. The van der Waals surface area contributed by atoms with Gasteiger partial charge in [0.15, 0.2) is 0 Å². The maximum atomic E-state index is 11.6. The van der Waals surface area contributed by atoms with E-state index in [1.54, 1.807) is 0 Å². The molecule has 0 radical (unpaired) electrons. The van der Waals surface area contributed by atoms with Crippen LogP contribution in [-0.4, -0.2) is 24.2 Å². The first-order valence-corrected chi connectivity index (χ1v) is 8.69. The molecule has 0 saturated carbocycles. The Kier molecular flexibility index (Phi) is 9.44. The van der Waals surface area contributed by atoms with E-state index in [0.717, 1.165) is 25.0 Å². The summed E-state index contributed by atoms with van der Waals surface area (Å²) < 4.78 is 5.19. The summed E-state index contributed by atoms with van der Waals surface area (Å²) in [5, 5.41) is 2.81. The number of aryl methyl sites for hydroxylation is 2. The van der Waals surface area contributed by atoms with Gasteiger partial charge in [0.05, 0.1) is 6.61 Å². The molecule has 22 heavy (non-hydrogen) atoms. The molecule has 0 bridgehead atoms. The van der Waals surface area contributed by atoms with Gasteiger partial charge in [-0.1, -0.05) is 45.4 Å². The molecule has 1 rings (SSSR count). The highest BCUT2D eigenvalue weighted by Gasteiger charge is 2.04. The Morgan fingerprint density at radius 2 is 1.82 bits per heavy atom. The lowest BCUT2D eigenvalue weighted by Gasteiger charge is -2.07. The summed E-state index contributed by atoms with van der Waals surface area (Å²) in [5.74, 6) is 0. The number of unbranched alkanes of at least 4 members (excludes halogenated alkanes) is 6. The molecule has 0 aliphatic carbocycles. The summed E-state index contributed by atoms with van der Waals surface area (Å²) in [6, 6.07) is 2.13. The fourth-order valence-corrected chi connectivity index (χ4v) is 2.62. The van der Waals surface area contributed by atoms with Gasteiger partial charge in [-0.3, -0.25) is 0 Å². The van der Waals surface area contributed by atoms with Gasteiger partial charge in [-0.05, 0) is 38.3 Å². The molecule has 1 aromatic rings. The first-order chi connectivity index (χ1) is 10.6. The molecule has 0 aromatic carbocycles. The lowest BCUT2D eigenvalue weighted by atomic mass is 10.1. The maximum absolute atomic E-state index is 11.6. The van der Waals surface area contributed by atoms with Crippen LogP contribution in [0.1, 0.15) is 68.8 Å². The van der Waals surface area contributed by atoms with Crippen molar-refractivity contribution in [2.24, 2.45) is 0 Å². The second-order valence-electron chi connectivity index (χ2n) is 6.04. The smallest absolute Gasteiger partial charge is 0.407 e. The Bertz CT molecular complexity index is 427. The molecule has 0 saturated heterocycles. The van der Waals surface area contributed by atoms with Crippen molar-refractivity contribution in [2.75, 3.05) is 13.2 Å².